The van der Waals surface area contributed by atoms with Gasteiger partial charge in [-0.2, -0.15) is 0 Å². The zero-order chi connectivity index (χ0) is 10.8. The number of alkyl halides is 1. The van der Waals surface area contributed by atoms with E-state index < -0.39 is 6.17 Å². The van der Waals surface area contributed by atoms with Gasteiger partial charge < -0.3 is 5.32 Å². The van der Waals surface area contributed by atoms with Crippen LogP contribution in [0.3, 0.4) is 0 Å². The minimum absolute atomic E-state index is 0.257. The number of hydrogen-bond donors (Lipinski definition) is 1. The molecule has 0 aliphatic carbocycles. The number of nitrogens with one attached hydrogen (secondary N) is 1. The molecule has 2 rings (SSSR count). The lowest BCUT2D eigenvalue weighted by molar-refractivity contribution is 0.0592. The fourth-order valence-corrected chi connectivity index (χ4v) is 1.86. The summed E-state index contributed by atoms with van der Waals surface area (Å²) < 4.78 is 25.9. The van der Waals surface area contributed by atoms with Crippen LogP contribution < -0.4 is 5.32 Å². The van der Waals surface area contributed by atoms with E-state index in [-0.39, 0.29) is 5.82 Å². The number of likely N-dealkylation sites (tertiary alicyclic amines) is 1. The third-order valence-corrected chi connectivity index (χ3v) is 2.66. The molecular weight excluding hydrogens is 198 g/mol. The lowest BCUT2D eigenvalue weighted by Gasteiger charge is -2.34. The molecule has 1 aliphatic rings. The molecule has 1 N–H and O–H groups in total. The Morgan fingerprint density at radius 2 is 2.20 bits per heavy atom. The van der Waals surface area contributed by atoms with Gasteiger partial charge in [0.1, 0.15) is 12.0 Å². The Morgan fingerprint density at radius 3 is 2.80 bits per heavy atom. The van der Waals surface area contributed by atoms with E-state index in [0.717, 1.165) is 5.56 Å². The fraction of sp³-hybridized carbons (Fsp3) is 0.455. The van der Waals surface area contributed by atoms with E-state index in [1.165, 1.54) is 6.07 Å². The lowest BCUT2D eigenvalue weighted by Crippen LogP contribution is -2.47. The maximum Gasteiger partial charge on any atom is 0.146 e. The van der Waals surface area contributed by atoms with Crippen molar-refractivity contribution in [1.29, 1.82) is 0 Å². The highest BCUT2D eigenvalue weighted by molar-refractivity contribution is 5.51. The summed E-state index contributed by atoms with van der Waals surface area (Å²) >= 11 is 0. The van der Waals surface area contributed by atoms with Gasteiger partial charge in [-0.1, -0.05) is 12.1 Å². The summed E-state index contributed by atoms with van der Waals surface area (Å²) in [6.07, 6.45) is -0.711. The Labute approximate surface area is 87.9 Å². The van der Waals surface area contributed by atoms with Crippen LogP contribution in [-0.4, -0.2) is 31.2 Å². The van der Waals surface area contributed by atoms with Gasteiger partial charge in [0.15, 0.2) is 0 Å². The average molecular weight is 212 g/mol. The van der Waals surface area contributed by atoms with Crippen molar-refractivity contribution >= 4 is 5.69 Å². The maximum absolute atomic E-state index is 13.3. The SMILES string of the molecule is CNc1c(F)cccc1CN1CC(F)C1. The highest BCUT2D eigenvalue weighted by atomic mass is 19.1. The van der Waals surface area contributed by atoms with Crippen molar-refractivity contribution in [3.63, 3.8) is 0 Å². The minimum atomic E-state index is -0.711. The molecule has 0 saturated carbocycles. The zero-order valence-corrected chi connectivity index (χ0v) is 8.63. The summed E-state index contributed by atoms with van der Waals surface area (Å²) in [6.45, 7) is 1.52. The number of para-hydroxylation sites is 1. The van der Waals surface area contributed by atoms with Crippen molar-refractivity contribution in [2.75, 3.05) is 25.5 Å². The summed E-state index contributed by atoms with van der Waals surface area (Å²) in [6, 6.07) is 4.96. The summed E-state index contributed by atoms with van der Waals surface area (Å²) in [5, 5.41) is 2.83. The summed E-state index contributed by atoms with van der Waals surface area (Å²) in [5.74, 6) is -0.257. The molecule has 1 fully saturated rings. The molecule has 0 aromatic heterocycles. The van der Waals surface area contributed by atoms with Gasteiger partial charge in [-0.3, -0.25) is 4.90 Å². The summed E-state index contributed by atoms with van der Waals surface area (Å²) in [5.41, 5.74) is 1.39. The quantitative estimate of drug-likeness (QED) is 0.824. The van der Waals surface area contributed by atoms with E-state index >= 15 is 0 Å². The summed E-state index contributed by atoms with van der Waals surface area (Å²) in [4.78, 5) is 1.96. The third kappa shape index (κ3) is 2.09. The second-order valence-corrected chi connectivity index (χ2v) is 3.82. The molecule has 4 heteroatoms. The number of anilines is 1. The van der Waals surface area contributed by atoms with Crippen LogP contribution in [0.1, 0.15) is 5.56 Å². The molecule has 2 nitrogen and oxygen atoms in total. The maximum atomic E-state index is 13.3. The van der Waals surface area contributed by atoms with Crippen molar-refractivity contribution in [2.24, 2.45) is 0 Å². The monoisotopic (exact) mass is 212 g/mol. The van der Waals surface area contributed by atoms with Gasteiger partial charge in [-0.15, -0.1) is 0 Å². The van der Waals surface area contributed by atoms with E-state index in [4.69, 9.17) is 0 Å². The molecule has 0 atom stereocenters. The summed E-state index contributed by atoms with van der Waals surface area (Å²) in [7, 11) is 1.69. The number of hydrogen-bond acceptors (Lipinski definition) is 2. The smallest absolute Gasteiger partial charge is 0.146 e. The molecule has 0 radical (unpaired) electrons. The van der Waals surface area contributed by atoms with Crippen LogP contribution in [0.2, 0.25) is 0 Å². The topological polar surface area (TPSA) is 15.3 Å². The van der Waals surface area contributed by atoms with Crippen molar-refractivity contribution in [3.8, 4) is 0 Å². The van der Waals surface area contributed by atoms with E-state index in [1.807, 2.05) is 11.0 Å². The van der Waals surface area contributed by atoms with Crippen LogP contribution in [0.4, 0.5) is 14.5 Å². The van der Waals surface area contributed by atoms with Crippen molar-refractivity contribution in [3.05, 3.63) is 29.6 Å². The second-order valence-electron chi connectivity index (χ2n) is 3.82. The van der Waals surface area contributed by atoms with Crippen LogP contribution >= 0.6 is 0 Å². The number of nitrogens with zero attached hydrogens (tertiary/aromatic N) is 1. The molecule has 0 amide bonds. The van der Waals surface area contributed by atoms with Gasteiger partial charge in [0.2, 0.25) is 0 Å². The van der Waals surface area contributed by atoms with Crippen molar-refractivity contribution in [1.82, 2.24) is 4.90 Å². The fourth-order valence-electron chi connectivity index (χ4n) is 1.86. The standard InChI is InChI=1S/C11H14F2N2/c1-14-11-8(3-2-4-10(11)13)5-15-6-9(12)7-15/h2-4,9,14H,5-7H2,1H3. The highest BCUT2D eigenvalue weighted by Gasteiger charge is 2.26. The largest absolute Gasteiger partial charge is 0.385 e. The average Bonchev–Trinajstić information content (AvgIpc) is 2.16. The number of halogens is 2. The zero-order valence-electron chi connectivity index (χ0n) is 8.63. The predicted molar refractivity (Wildman–Crippen MR) is 56.1 cm³/mol. The van der Waals surface area contributed by atoms with Gasteiger partial charge in [-0.05, 0) is 11.6 Å². The van der Waals surface area contributed by atoms with E-state index in [0.29, 0.717) is 25.3 Å². The Bertz CT molecular complexity index is 348. The first-order chi connectivity index (χ1) is 7.20. The number of benzene rings is 1. The Kier molecular flexibility index (Phi) is 2.86. The molecular formula is C11H14F2N2. The normalized spacial score (nSPS) is 17.5. The van der Waals surface area contributed by atoms with Crippen molar-refractivity contribution in [2.45, 2.75) is 12.7 Å². The van der Waals surface area contributed by atoms with Gasteiger partial charge in [0.25, 0.3) is 0 Å². The van der Waals surface area contributed by atoms with Gasteiger partial charge in [0.05, 0.1) is 5.69 Å². The third-order valence-electron chi connectivity index (χ3n) is 2.66. The van der Waals surface area contributed by atoms with Crippen LogP contribution in [-0.2, 0) is 6.54 Å². The molecule has 1 saturated heterocycles. The molecule has 1 aromatic carbocycles. The van der Waals surface area contributed by atoms with Crippen LogP contribution in [0.15, 0.2) is 18.2 Å². The Hall–Kier alpha value is -1.16. The highest BCUT2D eigenvalue weighted by Crippen LogP contribution is 2.23. The van der Waals surface area contributed by atoms with Gasteiger partial charge in [0, 0.05) is 26.7 Å². The first-order valence-electron chi connectivity index (χ1n) is 5.02. The molecule has 0 spiro atoms. The number of rotatable bonds is 3. The predicted octanol–water partition coefficient (Wildman–Crippen LogP) is 2.02. The Balaban J connectivity index is 2.10. The van der Waals surface area contributed by atoms with Gasteiger partial charge in [-0.25, -0.2) is 8.78 Å². The van der Waals surface area contributed by atoms with Crippen LogP contribution in [0.25, 0.3) is 0 Å². The molecule has 15 heavy (non-hydrogen) atoms. The second kappa shape index (κ2) is 4.14. The van der Waals surface area contributed by atoms with Gasteiger partial charge >= 0.3 is 0 Å². The first kappa shape index (κ1) is 10.4. The van der Waals surface area contributed by atoms with Crippen LogP contribution in [0, 0.1) is 5.82 Å². The minimum Gasteiger partial charge on any atom is -0.385 e. The van der Waals surface area contributed by atoms with E-state index in [1.54, 1.807) is 13.1 Å². The Morgan fingerprint density at radius 1 is 1.47 bits per heavy atom. The molecule has 1 aliphatic heterocycles. The van der Waals surface area contributed by atoms with E-state index in [9.17, 15) is 8.78 Å². The van der Waals surface area contributed by atoms with E-state index in [2.05, 4.69) is 5.32 Å². The van der Waals surface area contributed by atoms with Crippen LogP contribution in [0.5, 0.6) is 0 Å². The molecule has 0 unspecified atom stereocenters. The molecule has 0 bridgehead atoms. The van der Waals surface area contributed by atoms with Crippen molar-refractivity contribution < 1.29 is 8.78 Å². The lowest BCUT2D eigenvalue weighted by atomic mass is 10.1. The molecule has 1 aromatic rings. The first-order valence-corrected chi connectivity index (χ1v) is 5.02. The molecule has 1 heterocycles. The molecule has 82 valence electrons.